The fourth-order valence-electron chi connectivity index (χ4n) is 6.01. The van der Waals surface area contributed by atoms with Gasteiger partial charge >= 0.3 is 0 Å². The topological polar surface area (TPSA) is 72.6 Å². The summed E-state index contributed by atoms with van der Waals surface area (Å²) >= 11 is 6.98. The number of rotatable bonds is 6. The summed E-state index contributed by atoms with van der Waals surface area (Å²) in [6.45, 7) is 6.91. The van der Waals surface area contributed by atoms with Crippen molar-refractivity contribution in [3.63, 3.8) is 0 Å². The SMILES string of the molecule is CCCn1c(N2CCN(c3ccc(F)cc3)CC2)c(C=C2SC(=S)N(C3CCCCC3)C2=O)c(C)c(C#N)c1=O. The molecular formula is C30H34FN5O2S2. The number of pyridine rings is 1. The molecular weight excluding hydrogens is 545 g/mol. The largest absolute Gasteiger partial charge is 0.368 e. The van der Waals surface area contributed by atoms with Crippen molar-refractivity contribution in [3.8, 4) is 6.07 Å². The van der Waals surface area contributed by atoms with Gasteiger partial charge in [-0.05, 0) is 62.1 Å². The van der Waals surface area contributed by atoms with E-state index in [0.717, 1.165) is 49.2 Å². The van der Waals surface area contributed by atoms with Crippen molar-refractivity contribution in [1.82, 2.24) is 9.47 Å². The zero-order chi connectivity index (χ0) is 28.4. The van der Waals surface area contributed by atoms with Gasteiger partial charge in [0.05, 0.1) is 4.91 Å². The van der Waals surface area contributed by atoms with E-state index in [9.17, 15) is 19.2 Å². The lowest BCUT2D eigenvalue weighted by atomic mass is 9.94. The maximum absolute atomic E-state index is 13.6. The van der Waals surface area contributed by atoms with Crippen molar-refractivity contribution in [2.75, 3.05) is 36.0 Å². The van der Waals surface area contributed by atoms with Crippen LogP contribution in [0.15, 0.2) is 34.0 Å². The molecule has 3 fully saturated rings. The fourth-order valence-corrected chi connectivity index (χ4v) is 7.39. The molecule has 5 rings (SSSR count). The third-order valence-electron chi connectivity index (χ3n) is 8.10. The molecule has 0 N–H and O–H groups in total. The van der Waals surface area contributed by atoms with E-state index >= 15 is 0 Å². The number of nitrogens with zero attached hydrogens (tertiary/aromatic N) is 5. The molecule has 40 heavy (non-hydrogen) atoms. The predicted molar refractivity (Wildman–Crippen MR) is 163 cm³/mol. The first kappa shape index (κ1) is 28.4. The molecule has 0 spiro atoms. The molecule has 1 aromatic carbocycles. The molecule has 3 heterocycles. The Morgan fingerprint density at radius 3 is 2.35 bits per heavy atom. The molecule has 1 amide bonds. The average molecular weight is 580 g/mol. The molecule has 2 saturated heterocycles. The van der Waals surface area contributed by atoms with E-state index in [1.807, 2.05) is 13.0 Å². The van der Waals surface area contributed by atoms with Crippen molar-refractivity contribution in [2.24, 2.45) is 0 Å². The maximum Gasteiger partial charge on any atom is 0.270 e. The highest BCUT2D eigenvalue weighted by Crippen LogP contribution is 2.39. The highest BCUT2D eigenvalue weighted by molar-refractivity contribution is 8.26. The number of benzene rings is 1. The Morgan fingerprint density at radius 2 is 1.73 bits per heavy atom. The molecule has 0 unspecified atom stereocenters. The third-order valence-corrected chi connectivity index (χ3v) is 9.43. The number of amides is 1. The molecule has 1 saturated carbocycles. The third kappa shape index (κ3) is 5.41. The highest BCUT2D eigenvalue weighted by Gasteiger charge is 2.38. The number of aromatic nitrogens is 1. The van der Waals surface area contributed by atoms with Gasteiger partial charge < -0.3 is 9.80 Å². The van der Waals surface area contributed by atoms with Crippen LogP contribution >= 0.6 is 24.0 Å². The van der Waals surface area contributed by atoms with E-state index in [1.165, 1.54) is 30.3 Å². The molecule has 0 atom stereocenters. The summed E-state index contributed by atoms with van der Waals surface area (Å²) in [5.41, 5.74) is 2.07. The number of halogens is 1. The molecule has 1 aromatic heterocycles. The molecule has 1 aliphatic carbocycles. The van der Waals surface area contributed by atoms with Gasteiger partial charge in [-0.15, -0.1) is 0 Å². The molecule has 0 radical (unpaired) electrons. The Bertz CT molecular complexity index is 1430. The summed E-state index contributed by atoms with van der Waals surface area (Å²) in [6.07, 6.45) is 7.88. The Labute approximate surface area is 244 Å². The standard InChI is InChI=1S/C30H34FN5O2S2/c1-3-13-35-27(34-16-14-33(15-17-34)22-11-9-21(31)10-12-22)24(20(2)25(19-32)28(35)37)18-26-29(38)36(30(39)40-26)23-7-5-4-6-8-23/h9-12,18,23H,3-8,13-17H2,1-2H3. The molecule has 7 nitrogen and oxygen atoms in total. The van der Waals surface area contributed by atoms with Crippen LogP contribution in [-0.4, -0.2) is 51.9 Å². The van der Waals surface area contributed by atoms with Crippen LogP contribution in [0.4, 0.5) is 15.9 Å². The fraction of sp³-hybridized carbons (Fsp3) is 0.467. The summed E-state index contributed by atoms with van der Waals surface area (Å²) in [5, 5.41) is 9.93. The maximum atomic E-state index is 13.6. The van der Waals surface area contributed by atoms with Crippen LogP contribution in [0.2, 0.25) is 0 Å². The summed E-state index contributed by atoms with van der Waals surface area (Å²) < 4.78 is 15.7. The van der Waals surface area contributed by atoms with Crippen LogP contribution in [0.1, 0.15) is 62.1 Å². The predicted octanol–water partition coefficient (Wildman–Crippen LogP) is 5.44. The highest BCUT2D eigenvalue weighted by atomic mass is 32.2. The Balaban J connectivity index is 1.54. The van der Waals surface area contributed by atoms with E-state index < -0.39 is 0 Å². The number of carbonyl (C=O) groups is 1. The number of hydrogen-bond acceptors (Lipinski definition) is 7. The summed E-state index contributed by atoms with van der Waals surface area (Å²) in [5.74, 6) is 0.391. The first-order chi connectivity index (χ1) is 19.3. The number of piperazine rings is 1. The summed E-state index contributed by atoms with van der Waals surface area (Å²) in [7, 11) is 0. The lowest BCUT2D eigenvalue weighted by molar-refractivity contribution is -0.124. The summed E-state index contributed by atoms with van der Waals surface area (Å²) in [4.78, 5) is 33.8. The zero-order valence-electron chi connectivity index (χ0n) is 23.0. The van der Waals surface area contributed by atoms with Crippen LogP contribution in [0, 0.1) is 24.1 Å². The Kier molecular flexibility index (Phi) is 8.62. The van der Waals surface area contributed by atoms with Crippen LogP contribution in [0.5, 0.6) is 0 Å². The lowest BCUT2D eigenvalue weighted by Crippen LogP contribution is -2.48. The quantitative estimate of drug-likeness (QED) is 0.334. The minimum atomic E-state index is -0.301. The second-order valence-corrected chi connectivity index (χ2v) is 12.3. The number of nitriles is 1. The lowest BCUT2D eigenvalue weighted by Gasteiger charge is -2.39. The molecule has 210 valence electrons. The molecule has 2 aromatic rings. The van der Waals surface area contributed by atoms with E-state index in [0.29, 0.717) is 47.5 Å². The first-order valence-electron chi connectivity index (χ1n) is 14.0. The number of anilines is 2. The van der Waals surface area contributed by atoms with Crippen molar-refractivity contribution in [3.05, 3.63) is 62.0 Å². The number of thioether (sulfide) groups is 1. The zero-order valence-corrected chi connectivity index (χ0v) is 24.6. The van der Waals surface area contributed by atoms with Crippen molar-refractivity contribution >= 4 is 51.8 Å². The number of hydrogen-bond donors (Lipinski definition) is 0. The normalized spacial score (nSPS) is 19.6. The van der Waals surface area contributed by atoms with Gasteiger partial charge in [-0.1, -0.05) is 50.2 Å². The van der Waals surface area contributed by atoms with Crippen molar-refractivity contribution < 1.29 is 9.18 Å². The Hall–Kier alpha value is -3.16. The van der Waals surface area contributed by atoms with Gasteiger partial charge in [0.1, 0.15) is 27.6 Å². The van der Waals surface area contributed by atoms with Crippen LogP contribution in [0.25, 0.3) is 6.08 Å². The van der Waals surface area contributed by atoms with Gasteiger partial charge in [-0.25, -0.2) is 4.39 Å². The first-order valence-corrected chi connectivity index (χ1v) is 15.3. The molecule has 3 aliphatic rings. The van der Waals surface area contributed by atoms with Gasteiger partial charge in [0.25, 0.3) is 11.5 Å². The smallest absolute Gasteiger partial charge is 0.270 e. The van der Waals surface area contributed by atoms with Crippen LogP contribution in [-0.2, 0) is 11.3 Å². The van der Waals surface area contributed by atoms with E-state index in [1.54, 1.807) is 28.5 Å². The monoisotopic (exact) mass is 579 g/mol. The van der Waals surface area contributed by atoms with Gasteiger partial charge in [-0.2, -0.15) is 5.26 Å². The Morgan fingerprint density at radius 1 is 1.07 bits per heavy atom. The molecule has 2 aliphatic heterocycles. The van der Waals surface area contributed by atoms with Crippen molar-refractivity contribution in [2.45, 2.75) is 65.0 Å². The average Bonchev–Trinajstić information content (AvgIpc) is 3.25. The minimum Gasteiger partial charge on any atom is -0.368 e. The van der Waals surface area contributed by atoms with E-state index in [2.05, 4.69) is 15.9 Å². The van der Waals surface area contributed by atoms with Crippen LogP contribution in [0.3, 0.4) is 0 Å². The molecule has 10 heteroatoms. The van der Waals surface area contributed by atoms with E-state index in [-0.39, 0.29) is 28.9 Å². The van der Waals surface area contributed by atoms with Crippen LogP contribution < -0.4 is 15.4 Å². The van der Waals surface area contributed by atoms with Gasteiger partial charge in [0.2, 0.25) is 0 Å². The number of thiocarbonyl (C=S) groups is 1. The van der Waals surface area contributed by atoms with E-state index in [4.69, 9.17) is 12.2 Å². The van der Waals surface area contributed by atoms with Gasteiger partial charge in [0.15, 0.2) is 0 Å². The second-order valence-electron chi connectivity index (χ2n) is 10.6. The summed E-state index contributed by atoms with van der Waals surface area (Å²) in [6, 6.07) is 8.75. The second kappa shape index (κ2) is 12.1. The van der Waals surface area contributed by atoms with Crippen molar-refractivity contribution in [1.29, 1.82) is 5.26 Å². The molecule has 0 bridgehead atoms. The number of carbonyl (C=O) groups excluding carboxylic acids is 1. The minimum absolute atomic E-state index is 0.0832. The van der Waals surface area contributed by atoms with Gasteiger partial charge in [0, 0.05) is 50.0 Å². The van der Waals surface area contributed by atoms with Gasteiger partial charge in [-0.3, -0.25) is 19.1 Å².